The van der Waals surface area contributed by atoms with Gasteiger partial charge in [0, 0.05) is 48.0 Å². The van der Waals surface area contributed by atoms with Crippen LogP contribution >= 0.6 is 11.6 Å². The zero-order valence-corrected chi connectivity index (χ0v) is 18.9. The molecular weight excluding hydrogens is 410 g/mol. The lowest BCUT2D eigenvalue weighted by Gasteiger charge is -2.35. The maximum Gasteiger partial charge on any atom is 0.254 e. The maximum atomic E-state index is 13.5. The number of carbonyl (C=O) groups is 1. The van der Waals surface area contributed by atoms with E-state index in [9.17, 15) is 4.79 Å². The number of hydrogen-bond acceptors (Lipinski definition) is 4. The molecule has 0 saturated carbocycles. The van der Waals surface area contributed by atoms with Crippen molar-refractivity contribution in [2.24, 2.45) is 0 Å². The Labute approximate surface area is 187 Å². The maximum absolute atomic E-state index is 13.5. The number of fused-ring (bicyclic) bond motifs is 1. The van der Waals surface area contributed by atoms with Gasteiger partial charge in [0.1, 0.15) is 5.82 Å². The van der Waals surface area contributed by atoms with Crippen molar-refractivity contribution in [1.29, 1.82) is 0 Å². The highest BCUT2D eigenvalue weighted by Gasteiger charge is 2.31. The second-order valence-electron chi connectivity index (χ2n) is 8.78. The fourth-order valence-corrected chi connectivity index (χ4v) is 5.06. The van der Waals surface area contributed by atoms with Crippen LogP contribution in [-0.4, -0.2) is 45.0 Å². The number of aromatic nitrogens is 3. The lowest BCUT2D eigenvalue weighted by Crippen LogP contribution is -2.39. The molecule has 6 nitrogen and oxygen atoms in total. The van der Waals surface area contributed by atoms with E-state index in [1.54, 1.807) is 6.07 Å². The number of nitrogens with zero attached hydrogens (tertiary/aromatic N) is 5. The average molecular weight is 438 g/mol. The molecule has 0 spiro atoms. The number of amides is 1. The van der Waals surface area contributed by atoms with Crippen LogP contribution < -0.4 is 4.90 Å². The fourth-order valence-electron chi connectivity index (χ4n) is 4.89. The normalized spacial score (nSPS) is 19.4. The molecule has 1 amide bonds. The first-order valence-electron chi connectivity index (χ1n) is 11.2. The Morgan fingerprint density at radius 1 is 1.03 bits per heavy atom. The third-order valence-electron chi connectivity index (χ3n) is 6.56. The monoisotopic (exact) mass is 437 g/mol. The molecule has 0 aliphatic carbocycles. The minimum absolute atomic E-state index is 0.0312. The van der Waals surface area contributed by atoms with Gasteiger partial charge in [0.25, 0.3) is 5.91 Å². The SMILES string of the molecule is Cc1ccc(Cl)cc1C(=O)N1CCCCC1c1cc2nc(N3CCCC3)c(C)cn2n1. The lowest BCUT2D eigenvalue weighted by atomic mass is 9.97. The van der Waals surface area contributed by atoms with Gasteiger partial charge in [-0.15, -0.1) is 0 Å². The van der Waals surface area contributed by atoms with Crippen molar-refractivity contribution in [2.75, 3.05) is 24.5 Å². The van der Waals surface area contributed by atoms with E-state index in [0.717, 1.165) is 67.2 Å². The lowest BCUT2D eigenvalue weighted by molar-refractivity contribution is 0.0605. The van der Waals surface area contributed by atoms with Gasteiger partial charge in [0.15, 0.2) is 5.65 Å². The Kier molecular flexibility index (Phi) is 5.34. The van der Waals surface area contributed by atoms with Crippen LogP contribution in [0.15, 0.2) is 30.5 Å². The number of halogens is 1. The van der Waals surface area contributed by atoms with Crippen molar-refractivity contribution in [2.45, 2.75) is 52.0 Å². The van der Waals surface area contributed by atoms with E-state index >= 15 is 0 Å². The highest BCUT2D eigenvalue weighted by Crippen LogP contribution is 2.33. The van der Waals surface area contributed by atoms with Crippen molar-refractivity contribution in [3.8, 4) is 0 Å². The summed E-state index contributed by atoms with van der Waals surface area (Å²) in [7, 11) is 0. The van der Waals surface area contributed by atoms with Crippen LogP contribution in [-0.2, 0) is 0 Å². The molecule has 3 aromatic rings. The van der Waals surface area contributed by atoms with Crippen molar-refractivity contribution < 1.29 is 4.79 Å². The predicted octanol–water partition coefficient (Wildman–Crippen LogP) is 4.97. The van der Waals surface area contributed by atoms with Crippen LogP contribution in [0, 0.1) is 13.8 Å². The second kappa shape index (κ2) is 8.15. The summed E-state index contributed by atoms with van der Waals surface area (Å²) in [4.78, 5) is 22.7. The summed E-state index contributed by atoms with van der Waals surface area (Å²) in [6.45, 7) is 6.92. The van der Waals surface area contributed by atoms with Crippen LogP contribution in [0.2, 0.25) is 5.02 Å². The van der Waals surface area contributed by atoms with Gasteiger partial charge in [-0.05, 0) is 63.6 Å². The number of carbonyl (C=O) groups excluding carboxylic acids is 1. The molecule has 4 heterocycles. The first-order chi connectivity index (χ1) is 15.0. The smallest absolute Gasteiger partial charge is 0.254 e. The Balaban J connectivity index is 1.49. The predicted molar refractivity (Wildman–Crippen MR) is 123 cm³/mol. The van der Waals surface area contributed by atoms with E-state index in [0.29, 0.717) is 10.6 Å². The Bertz CT molecular complexity index is 1130. The fraction of sp³-hybridized carbons (Fsp3) is 0.458. The summed E-state index contributed by atoms with van der Waals surface area (Å²) in [5.41, 5.74) is 4.52. The van der Waals surface area contributed by atoms with Crippen molar-refractivity contribution in [3.05, 3.63) is 57.9 Å². The third-order valence-corrected chi connectivity index (χ3v) is 6.80. The zero-order valence-electron chi connectivity index (χ0n) is 18.1. The molecule has 0 radical (unpaired) electrons. The molecule has 2 aliphatic heterocycles. The summed E-state index contributed by atoms with van der Waals surface area (Å²) in [6, 6.07) is 7.53. The van der Waals surface area contributed by atoms with Gasteiger partial charge in [-0.2, -0.15) is 5.10 Å². The van der Waals surface area contributed by atoms with Gasteiger partial charge in [-0.1, -0.05) is 17.7 Å². The quantitative estimate of drug-likeness (QED) is 0.580. The highest BCUT2D eigenvalue weighted by atomic mass is 35.5. The van der Waals surface area contributed by atoms with Crippen molar-refractivity contribution >= 4 is 29.0 Å². The molecule has 5 rings (SSSR count). The Morgan fingerprint density at radius 2 is 1.81 bits per heavy atom. The third kappa shape index (κ3) is 3.78. The molecule has 1 atom stereocenters. The van der Waals surface area contributed by atoms with Crippen molar-refractivity contribution in [1.82, 2.24) is 19.5 Å². The second-order valence-corrected chi connectivity index (χ2v) is 9.22. The minimum Gasteiger partial charge on any atom is -0.356 e. The summed E-state index contributed by atoms with van der Waals surface area (Å²) in [5, 5.41) is 5.43. The Morgan fingerprint density at radius 3 is 2.61 bits per heavy atom. The molecule has 162 valence electrons. The molecule has 2 saturated heterocycles. The number of aryl methyl sites for hydroxylation is 2. The van der Waals surface area contributed by atoms with Gasteiger partial charge >= 0.3 is 0 Å². The standard InChI is InChI=1S/C24H28ClN5O/c1-16-8-9-18(25)13-19(16)24(31)29-12-4-3-7-21(29)20-14-22-26-23(28-10-5-6-11-28)17(2)15-30(22)27-20/h8-9,13-15,21H,3-7,10-12H2,1-2H3. The number of anilines is 1. The first-order valence-corrected chi connectivity index (χ1v) is 11.6. The molecule has 2 fully saturated rings. The van der Waals surface area contributed by atoms with E-state index in [1.165, 1.54) is 12.8 Å². The van der Waals surface area contributed by atoms with Gasteiger partial charge in [-0.25, -0.2) is 9.50 Å². The van der Waals surface area contributed by atoms with Gasteiger partial charge in [-0.3, -0.25) is 4.79 Å². The summed E-state index contributed by atoms with van der Waals surface area (Å²) in [6.07, 6.45) is 7.51. The summed E-state index contributed by atoms with van der Waals surface area (Å²) >= 11 is 6.19. The molecule has 31 heavy (non-hydrogen) atoms. The number of piperidine rings is 1. The first kappa shape index (κ1) is 20.3. The molecule has 2 aliphatic rings. The van der Waals surface area contributed by atoms with Gasteiger partial charge in [0.05, 0.1) is 11.7 Å². The van der Waals surface area contributed by atoms with E-state index in [4.69, 9.17) is 21.7 Å². The number of rotatable bonds is 3. The van der Waals surface area contributed by atoms with Crippen LogP contribution in [0.1, 0.15) is 65.3 Å². The highest BCUT2D eigenvalue weighted by molar-refractivity contribution is 6.31. The number of hydrogen-bond donors (Lipinski definition) is 0. The van der Waals surface area contributed by atoms with E-state index in [2.05, 4.69) is 24.1 Å². The van der Waals surface area contributed by atoms with E-state index in [1.807, 2.05) is 28.5 Å². The van der Waals surface area contributed by atoms with E-state index < -0.39 is 0 Å². The molecule has 1 unspecified atom stereocenters. The average Bonchev–Trinajstić information content (AvgIpc) is 3.44. The van der Waals surface area contributed by atoms with Crippen LogP contribution in [0.5, 0.6) is 0 Å². The van der Waals surface area contributed by atoms with Crippen LogP contribution in [0.25, 0.3) is 5.65 Å². The van der Waals surface area contributed by atoms with Crippen molar-refractivity contribution in [3.63, 3.8) is 0 Å². The molecule has 7 heteroatoms. The largest absolute Gasteiger partial charge is 0.356 e. The number of likely N-dealkylation sites (tertiary alicyclic amines) is 1. The Hall–Kier alpha value is -2.60. The zero-order chi connectivity index (χ0) is 21.5. The van der Waals surface area contributed by atoms with E-state index in [-0.39, 0.29) is 11.9 Å². The molecule has 1 aromatic carbocycles. The molecular formula is C24H28ClN5O. The molecule has 0 N–H and O–H groups in total. The van der Waals surface area contributed by atoms with Gasteiger partial charge < -0.3 is 9.80 Å². The van der Waals surface area contributed by atoms with Gasteiger partial charge in [0.2, 0.25) is 0 Å². The van der Waals surface area contributed by atoms with Crippen LogP contribution in [0.4, 0.5) is 5.82 Å². The van der Waals surface area contributed by atoms with Crippen LogP contribution in [0.3, 0.4) is 0 Å². The minimum atomic E-state index is -0.0446. The number of benzene rings is 1. The molecule has 2 aromatic heterocycles. The molecule has 0 bridgehead atoms. The topological polar surface area (TPSA) is 53.7 Å². The summed E-state index contributed by atoms with van der Waals surface area (Å²) < 4.78 is 1.87. The summed E-state index contributed by atoms with van der Waals surface area (Å²) in [5.74, 6) is 1.09.